The van der Waals surface area contributed by atoms with Crippen LogP contribution in [0.3, 0.4) is 0 Å². The third-order valence-corrected chi connectivity index (χ3v) is 7.00. The molecule has 12 nitrogen and oxygen atoms in total. The van der Waals surface area contributed by atoms with E-state index in [1.807, 2.05) is 0 Å². The second-order valence-corrected chi connectivity index (χ2v) is 10.3. The molecular weight excluding hydrogens is 580 g/mol. The molecular formula is C33H40N4O8. The number of hydrogen-bond acceptors (Lipinski definition) is 12. The predicted molar refractivity (Wildman–Crippen MR) is 174 cm³/mol. The maximum atomic E-state index is 6.29. The SMILES string of the molecule is COc1ccc(OCC(COc2ccc(OC)cc2N)(COc2ccc(OC)cc2N)COc2ccc(OC)cc2N)c(N)c1. The highest BCUT2D eigenvalue weighted by Crippen LogP contribution is 2.35. The summed E-state index contributed by atoms with van der Waals surface area (Å²) in [6.07, 6.45) is 0. The number of benzene rings is 4. The molecule has 4 aromatic rings. The van der Waals surface area contributed by atoms with Crippen molar-refractivity contribution in [3.63, 3.8) is 0 Å². The number of methoxy groups -OCH3 is 4. The van der Waals surface area contributed by atoms with Crippen molar-refractivity contribution < 1.29 is 37.9 Å². The van der Waals surface area contributed by atoms with Crippen LogP contribution in [0.1, 0.15) is 0 Å². The molecule has 0 bridgehead atoms. The molecule has 0 atom stereocenters. The topological polar surface area (TPSA) is 178 Å². The molecule has 0 fully saturated rings. The van der Waals surface area contributed by atoms with Crippen LogP contribution < -0.4 is 60.8 Å². The number of nitrogens with two attached hydrogens (primary N) is 4. The lowest BCUT2D eigenvalue weighted by molar-refractivity contribution is -0.00281. The maximum absolute atomic E-state index is 6.29. The van der Waals surface area contributed by atoms with Crippen molar-refractivity contribution in [3.05, 3.63) is 72.8 Å². The standard InChI is InChI=1S/C33H40N4O8/c1-38-21-5-9-29(25(34)13-21)42-17-33(18-43-30-10-6-22(39-2)14-26(30)35,19-44-31-11-7-23(40-3)15-27(31)36)20-45-32-12-8-24(41-4)16-28(32)37/h5-16H,17-20,34-37H2,1-4H3. The van der Waals surface area contributed by atoms with Gasteiger partial charge >= 0.3 is 0 Å². The number of nitrogen functional groups attached to an aromatic ring is 4. The quantitative estimate of drug-likeness (QED) is 0.128. The molecule has 0 saturated carbocycles. The van der Waals surface area contributed by atoms with Crippen LogP contribution in [-0.2, 0) is 0 Å². The zero-order valence-electron chi connectivity index (χ0n) is 25.8. The lowest BCUT2D eigenvalue weighted by Gasteiger charge is -2.33. The highest BCUT2D eigenvalue weighted by Gasteiger charge is 2.36. The Morgan fingerprint density at radius 3 is 0.800 bits per heavy atom. The van der Waals surface area contributed by atoms with E-state index in [1.54, 1.807) is 101 Å². The van der Waals surface area contributed by atoms with Crippen LogP contribution in [0.5, 0.6) is 46.0 Å². The Morgan fingerprint density at radius 1 is 0.400 bits per heavy atom. The fraction of sp³-hybridized carbons (Fsp3) is 0.273. The summed E-state index contributed by atoms with van der Waals surface area (Å²) in [5.41, 5.74) is 25.7. The minimum absolute atomic E-state index is 0.0473. The summed E-state index contributed by atoms with van der Waals surface area (Å²) >= 11 is 0. The fourth-order valence-corrected chi connectivity index (χ4v) is 4.31. The summed E-state index contributed by atoms with van der Waals surface area (Å²) in [4.78, 5) is 0. The van der Waals surface area contributed by atoms with Crippen LogP contribution in [0.4, 0.5) is 22.7 Å². The van der Waals surface area contributed by atoms with Crippen LogP contribution in [0.2, 0.25) is 0 Å². The Labute approximate surface area is 262 Å². The predicted octanol–water partition coefficient (Wildman–Crippen LogP) is 4.65. The van der Waals surface area contributed by atoms with E-state index in [9.17, 15) is 0 Å². The van der Waals surface area contributed by atoms with E-state index in [2.05, 4.69) is 0 Å². The largest absolute Gasteiger partial charge is 0.497 e. The van der Waals surface area contributed by atoms with Gasteiger partial charge in [-0.3, -0.25) is 0 Å². The van der Waals surface area contributed by atoms with E-state index in [4.69, 9.17) is 60.8 Å². The normalized spacial score (nSPS) is 10.9. The maximum Gasteiger partial charge on any atom is 0.142 e. The van der Waals surface area contributed by atoms with Gasteiger partial charge in [-0.2, -0.15) is 0 Å². The van der Waals surface area contributed by atoms with E-state index in [0.29, 0.717) is 68.7 Å². The van der Waals surface area contributed by atoms with Crippen LogP contribution in [0, 0.1) is 5.41 Å². The Hall–Kier alpha value is -5.52. The molecule has 0 aliphatic rings. The number of rotatable bonds is 16. The third-order valence-electron chi connectivity index (χ3n) is 7.00. The van der Waals surface area contributed by atoms with Crippen LogP contribution in [-0.4, -0.2) is 54.9 Å². The van der Waals surface area contributed by atoms with E-state index < -0.39 is 5.41 Å². The van der Waals surface area contributed by atoms with E-state index in [0.717, 1.165) is 0 Å². The molecule has 0 spiro atoms. The van der Waals surface area contributed by atoms with Crippen LogP contribution in [0.25, 0.3) is 0 Å². The van der Waals surface area contributed by atoms with Crippen molar-refractivity contribution in [1.82, 2.24) is 0 Å². The summed E-state index contributed by atoms with van der Waals surface area (Å²) in [6, 6.07) is 20.6. The molecule has 0 aliphatic carbocycles. The average molecular weight is 621 g/mol. The number of anilines is 4. The van der Waals surface area contributed by atoms with Crippen molar-refractivity contribution in [2.24, 2.45) is 5.41 Å². The Bertz CT molecular complexity index is 1350. The van der Waals surface area contributed by atoms with E-state index in [1.165, 1.54) is 0 Å². The molecule has 0 heterocycles. The van der Waals surface area contributed by atoms with Gasteiger partial charge in [-0.1, -0.05) is 0 Å². The van der Waals surface area contributed by atoms with Crippen molar-refractivity contribution >= 4 is 22.7 Å². The highest BCUT2D eigenvalue weighted by molar-refractivity contribution is 5.58. The molecule has 4 aromatic carbocycles. The van der Waals surface area contributed by atoms with Gasteiger partial charge in [0, 0.05) is 24.3 Å². The van der Waals surface area contributed by atoms with Gasteiger partial charge < -0.3 is 60.8 Å². The summed E-state index contributed by atoms with van der Waals surface area (Å²) in [6.45, 7) is 0.189. The van der Waals surface area contributed by atoms with Crippen molar-refractivity contribution in [3.8, 4) is 46.0 Å². The molecule has 0 aromatic heterocycles. The lowest BCUT2D eigenvalue weighted by Crippen LogP contribution is -2.45. The molecule has 0 aliphatic heterocycles. The second kappa shape index (κ2) is 14.8. The fourth-order valence-electron chi connectivity index (χ4n) is 4.31. The molecule has 0 saturated heterocycles. The number of ether oxygens (including phenoxy) is 8. The van der Waals surface area contributed by atoms with E-state index in [-0.39, 0.29) is 26.4 Å². The van der Waals surface area contributed by atoms with Gasteiger partial charge in [0.25, 0.3) is 0 Å². The molecule has 0 unspecified atom stereocenters. The van der Waals surface area contributed by atoms with Gasteiger partial charge in [0.05, 0.1) is 51.2 Å². The van der Waals surface area contributed by atoms with Gasteiger partial charge in [0.1, 0.15) is 77.8 Å². The van der Waals surface area contributed by atoms with Gasteiger partial charge in [-0.15, -0.1) is 0 Å². The first-order valence-electron chi connectivity index (χ1n) is 13.9. The van der Waals surface area contributed by atoms with Crippen molar-refractivity contribution in [2.45, 2.75) is 0 Å². The second-order valence-electron chi connectivity index (χ2n) is 10.3. The zero-order valence-corrected chi connectivity index (χ0v) is 25.8. The first-order chi connectivity index (χ1) is 21.7. The smallest absolute Gasteiger partial charge is 0.142 e. The molecule has 45 heavy (non-hydrogen) atoms. The lowest BCUT2D eigenvalue weighted by atomic mass is 9.92. The zero-order chi connectivity index (χ0) is 32.4. The average Bonchev–Trinajstić information content (AvgIpc) is 3.05. The summed E-state index contributed by atoms with van der Waals surface area (Å²) < 4.78 is 46.3. The van der Waals surface area contributed by atoms with E-state index >= 15 is 0 Å². The number of hydrogen-bond donors (Lipinski definition) is 4. The van der Waals surface area contributed by atoms with Crippen molar-refractivity contribution in [2.75, 3.05) is 77.8 Å². The van der Waals surface area contributed by atoms with Crippen LogP contribution >= 0.6 is 0 Å². The van der Waals surface area contributed by atoms with Gasteiger partial charge in [0.15, 0.2) is 0 Å². The summed E-state index contributed by atoms with van der Waals surface area (Å²) in [7, 11) is 6.25. The van der Waals surface area contributed by atoms with Crippen molar-refractivity contribution in [1.29, 1.82) is 0 Å². The van der Waals surface area contributed by atoms with Gasteiger partial charge in [-0.05, 0) is 48.5 Å². The monoisotopic (exact) mass is 620 g/mol. The first kappa shape index (κ1) is 32.4. The van der Waals surface area contributed by atoms with Gasteiger partial charge in [0.2, 0.25) is 0 Å². The molecule has 8 N–H and O–H groups in total. The third kappa shape index (κ3) is 8.31. The summed E-state index contributed by atoms with van der Waals surface area (Å²) in [5, 5.41) is 0. The first-order valence-corrected chi connectivity index (χ1v) is 13.9. The minimum atomic E-state index is -0.975. The molecule has 240 valence electrons. The summed E-state index contributed by atoms with van der Waals surface area (Å²) in [5.74, 6) is 4.16. The molecule has 0 amide bonds. The highest BCUT2D eigenvalue weighted by atomic mass is 16.5. The molecule has 0 radical (unpaired) electrons. The molecule has 12 heteroatoms. The Morgan fingerprint density at radius 2 is 0.622 bits per heavy atom. The Kier molecular flexibility index (Phi) is 10.6. The van der Waals surface area contributed by atoms with Crippen LogP contribution in [0.15, 0.2) is 72.8 Å². The minimum Gasteiger partial charge on any atom is -0.497 e. The molecule has 4 rings (SSSR count). The van der Waals surface area contributed by atoms with Gasteiger partial charge in [-0.25, -0.2) is 0 Å². The Balaban J connectivity index is 1.69.